The molecule has 100 valence electrons. The quantitative estimate of drug-likeness (QED) is 0.486. The molecule has 0 saturated heterocycles. The number of rotatable bonds is 5. The molecule has 0 amide bonds. The molecule has 0 bridgehead atoms. The van der Waals surface area contributed by atoms with E-state index in [4.69, 9.17) is 0 Å². The van der Waals surface area contributed by atoms with Crippen LogP contribution < -0.4 is 0 Å². The number of carbonyl (C=O) groups excluding carboxylic acids is 1. The maximum atomic E-state index is 12.3. The summed E-state index contributed by atoms with van der Waals surface area (Å²) in [6.07, 6.45) is 15.5. The van der Waals surface area contributed by atoms with Crippen LogP contribution >= 0.6 is 0 Å². The van der Waals surface area contributed by atoms with Crippen LogP contribution in [0.3, 0.4) is 0 Å². The SMILES string of the molecule is CCCCCCC=C1CCC(=C2CCCC2)C1=O. The number of allylic oxidation sites excluding steroid dienone is 4. The van der Waals surface area contributed by atoms with Gasteiger partial charge in [0.05, 0.1) is 0 Å². The van der Waals surface area contributed by atoms with Crippen LogP contribution in [-0.4, -0.2) is 5.78 Å². The van der Waals surface area contributed by atoms with Gasteiger partial charge in [-0.05, 0) is 62.5 Å². The number of carbonyl (C=O) groups is 1. The van der Waals surface area contributed by atoms with Crippen molar-refractivity contribution < 1.29 is 4.79 Å². The fourth-order valence-electron chi connectivity index (χ4n) is 3.16. The summed E-state index contributed by atoms with van der Waals surface area (Å²) in [6, 6.07) is 0. The van der Waals surface area contributed by atoms with Crippen LogP contribution in [0.2, 0.25) is 0 Å². The molecular weight excluding hydrogens is 220 g/mol. The predicted octanol–water partition coefficient (Wildman–Crippen LogP) is 5.12. The molecule has 0 aromatic carbocycles. The number of Topliss-reactive ketones (excluding diaryl/α,β-unsaturated/α-hetero) is 1. The standard InChI is InChI=1S/C17H26O/c1-2-3-4-5-6-11-15-12-13-16(17(15)18)14-9-7-8-10-14/h11H,2-10,12-13H2,1H3. The summed E-state index contributed by atoms with van der Waals surface area (Å²) in [4.78, 5) is 12.3. The summed E-state index contributed by atoms with van der Waals surface area (Å²) < 4.78 is 0. The maximum Gasteiger partial charge on any atom is 0.184 e. The highest BCUT2D eigenvalue weighted by Crippen LogP contribution is 2.35. The van der Waals surface area contributed by atoms with E-state index < -0.39 is 0 Å². The first-order valence-corrected chi connectivity index (χ1v) is 7.77. The fourth-order valence-corrected chi connectivity index (χ4v) is 3.16. The lowest BCUT2D eigenvalue weighted by atomic mass is 10.0. The number of ketones is 1. The Labute approximate surface area is 111 Å². The Hall–Kier alpha value is -0.850. The third-order valence-corrected chi connectivity index (χ3v) is 4.29. The molecule has 18 heavy (non-hydrogen) atoms. The van der Waals surface area contributed by atoms with Gasteiger partial charge in [-0.25, -0.2) is 0 Å². The summed E-state index contributed by atoms with van der Waals surface area (Å²) in [5.74, 6) is 0.391. The molecule has 2 rings (SSSR count). The molecule has 0 aromatic heterocycles. The second-order valence-electron chi connectivity index (χ2n) is 5.70. The van der Waals surface area contributed by atoms with Crippen molar-refractivity contribution in [3.63, 3.8) is 0 Å². The van der Waals surface area contributed by atoms with E-state index in [2.05, 4.69) is 13.0 Å². The number of hydrogen-bond acceptors (Lipinski definition) is 1. The predicted molar refractivity (Wildman–Crippen MR) is 76.6 cm³/mol. The van der Waals surface area contributed by atoms with Gasteiger partial charge in [-0.2, -0.15) is 0 Å². The lowest BCUT2D eigenvalue weighted by Gasteiger charge is -2.01. The van der Waals surface area contributed by atoms with Crippen LogP contribution in [0, 0.1) is 0 Å². The topological polar surface area (TPSA) is 17.1 Å². The molecule has 2 aliphatic carbocycles. The van der Waals surface area contributed by atoms with E-state index in [1.54, 1.807) is 0 Å². The molecule has 0 aliphatic heterocycles. The van der Waals surface area contributed by atoms with Gasteiger partial charge < -0.3 is 0 Å². The summed E-state index contributed by atoms with van der Waals surface area (Å²) in [6.45, 7) is 2.24. The number of hydrogen-bond donors (Lipinski definition) is 0. The van der Waals surface area contributed by atoms with Crippen LogP contribution in [0.5, 0.6) is 0 Å². The average molecular weight is 246 g/mol. The zero-order valence-corrected chi connectivity index (χ0v) is 11.8. The van der Waals surface area contributed by atoms with Gasteiger partial charge in [0.2, 0.25) is 0 Å². The molecule has 2 aliphatic rings. The van der Waals surface area contributed by atoms with Crippen molar-refractivity contribution in [3.05, 3.63) is 22.8 Å². The normalized spacial score (nSPS) is 22.5. The van der Waals surface area contributed by atoms with Crippen LogP contribution in [0.4, 0.5) is 0 Å². The van der Waals surface area contributed by atoms with Crippen molar-refractivity contribution in [1.29, 1.82) is 0 Å². The molecule has 0 unspecified atom stereocenters. The average Bonchev–Trinajstić information content (AvgIpc) is 2.99. The van der Waals surface area contributed by atoms with Crippen LogP contribution in [0.15, 0.2) is 22.8 Å². The monoisotopic (exact) mass is 246 g/mol. The lowest BCUT2D eigenvalue weighted by Crippen LogP contribution is -1.98. The minimum atomic E-state index is 0.391. The Morgan fingerprint density at radius 1 is 1.00 bits per heavy atom. The lowest BCUT2D eigenvalue weighted by molar-refractivity contribution is -0.111. The fraction of sp³-hybridized carbons (Fsp3) is 0.706. The van der Waals surface area contributed by atoms with E-state index in [9.17, 15) is 4.79 Å². The molecule has 0 atom stereocenters. The summed E-state index contributed by atoms with van der Waals surface area (Å²) in [7, 11) is 0. The Bertz CT molecular complexity index is 352. The van der Waals surface area contributed by atoms with Gasteiger partial charge in [0.1, 0.15) is 0 Å². The van der Waals surface area contributed by atoms with Crippen LogP contribution in [0.25, 0.3) is 0 Å². The van der Waals surface area contributed by atoms with Gasteiger partial charge in [-0.3, -0.25) is 4.79 Å². The first-order chi connectivity index (χ1) is 8.83. The van der Waals surface area contributed by atoms with Crippen molar-refractivity contribution in [2.45, 2.75) is 77.6 Å². The van der Waals surface area contributed by atoms with E-state index in [0.29, 0.717) is 5.78 Å². The Morgan fingerprint density at radius 2 is 1.78 bits per heavy atom. The molecule has 0 heterocycles. The van der Waals surface area contributed by atoms with Gasteiger partial charge in [0.15, 0.2) is 5.78 Å². The molecule has 0 N–H and O–H groups in total. The molecule has 1 heteroatoms. The second kappa shape index (κ2) is 6.92. The highest BCUT2D eigenvalue weighted by molar-refractivity contribution is 6.11. The molecular formula is C17H26O. The summed E-state index contributed by atoms with van der Waals surface area (Å²) in [5, 5.41) is 0. The number of unbranched alkanes of at least 4 members (excludes halogenated alkanes) is 4. The van der Waals surface area contributed by atoms with Gasteiger partial charge in [0, 0.05) is 0 Å². The smallest absolute Gasteiger partial charge is 0.184 e. The second-order valence-corrected chi connectivity index (χ2v) is 5.70. The van der Waals surface area contributed by atoms with Crippen LogP contribution in [-0.2, 0) is 4.79 Å². The van der Waals surface area contributed by atoms with E-state index >= 15 is 0 Å². The van der Waals surface area contributed by atoms with Gasteiger partial charge in [-0.1, -0.05) is 37.8 Å². The third-order valence-electron chi connectivity index (χ3n) is 4.29. The third kappa shape index (κ3) is 3.34. The van der Waals surface area contributed by atoms with Gasteiger partial charge in [-0.15, -0.1) is 0 Å². The molecule has 2 fully saturated rings. The highest BCUT2D eigenvalue weighted by Gasteiger charge is 2.26. The zero-order valence-electron chi connectivity index (χ0n) is 11.8. The maximum absolute atomic E-state index is 12.3. The van der Waals surface area contributed by atoms with Crippen molar-refractivity contribution in [3.8, 4) is 0 Å². The Morgan fingerprint density at radius 3 is 2.50 bits per heavy atom. The Kier molecular flexibility index (Phi) is 5.22. The highest BCUT2D eigenvalue weighted by atomic mass is 16.1. The molecule has 0 spiro atoms. The van der Waals surface area contributed by atoms with Crippen molar-refractivity contribution in [1.82, 2.24) is 0 Å². The minimum absolute atomic E-state index is 0.391. The largest absolute Gasteiger partial charge is 0.289 e. The van der Waals surface area contributed by atoms with E-state index in [0.717, 1.165) is 24.8 Å². The zero-order chi connectivity index (χ0) is 12.8. The first-order valence-electron chi connectivity index (χ1n) is 7.77. The van der Waals surface area contributed by atoms with Crippen molar-refractivity contribution in [2.24, 2.45) is 0 Å². The van der Waals surface area contributed by atoms with Crippen molar-refractivity contribution >= 4 is 5.78 Å². The van der Waals surface area contributed by atoms with E-state index in [-0.39, 0.29) is 0 Å². The van der Waals surface area contributed by atoms with Gasteiger partial charge >= 0.3 is 0 Å². The van der Waals surface area contributed by atoms with E-state index in [1.807, 2.05) is 0 Å². The molecule has 0 radical (unpaired) electrons. The van der Waals surface area contributed by atoms with Crippen molar-refractivity contribution in [2.75, 3.05) is 0 Å². The first kappa shape index (κ1) is 13.6. The molecule has 2 saturated carbocycles. The molecule has 0 aromatic rings. The summed E-state index contributed by atoms with van der Waals surface area (Å²) >= 11 is 0. The van der Waals surface area contributed by atoms with E-state index in [1.165, 1.54) is 62.5 Å². The molecule has 1 nitrogen and oxygen atoms in total. The van der Waals surface area contributed by atoms with Gasteiger partial charge in [0.25, 0.3) is 0 Å². The summed E-state index contributed by atoms with van der Waals surface area (Å²) in [5.41, 5.74) is 3.78. The minimum Gasteiger partial charge on any atom is -0.289 e. The van der Waals surface area contributed by atoms with Crippen LogP contribution in [0.1, 0.15) is 77.6 Å². The Balaban J connectivity index is 1.87.